The number of carboxylic acids is 1. The molecule has 1 fully saturated rings. The molecule has 0 aromatic carbocycles. The molecule has 0 saturated heterocycles. The summed E-state index contributed by atoms with van der Waals surface area (Å²) < 4.78 is 0. The first-order chi connectivity index (χ1) is 7.07. The molecule has 0 aromatic heterocycles. The van der Waals surface area contributed by atoms with Gasteiger partial charge in [0.2, 0.25) is 11.0 Å². The number of hydrogen-bond donors (Lipinski definition) is 3. The number of carbonyl (C=O) groups is 1. The van der Waals surface area contributed by atoms with Crippen LogP contribution in [0.5, 0.6) is 0 Å². The molecule has 0 aliphatic heterocycles. The molecule has 6 heteroatoms. The molecule has 1 rings (SSSR count). The minimum absolute atomic E-state index is 0.536. The fourth-order valence-electron chi connectivity index (χ4n) is 1.27. The molecule has 1 unspecified atom stereocenters. The van der Waals surface area contributed by atoms with Crippen molar-refractivity contribution < 1.29 is 9.90 Å². The summed E-state index contributed by atoms with van der Waals surface area (Å²) >= 11 is 0. The van der Waals surface area contributed by atoms with Gasteiger partial charge in [0, 0.05) is 6.04 Å². The Bertz CT molecular complexity index is 230. The Kier molecular flexibility index (Phi) is 7.40. The van der Waals surface area contributed by atoms with E-state index in [4.69, 9.17) is 16.4 Å². The summed E-state index contributed by atoms with van der Waals surface area (Å²) in [5, 5.41) is 11.1. The smallest absolute Gasteiger partial charge is 0.335 e. The number of aliphatic carboxylic acids is 1. The fraction of sp³-hybridized carbons (Fsp3) is 0.889. The SMILES string of the molecule is CC(N=[N+]=N)C(=O)O.NC1CCCCC1. The van der Waals surface area contributed by atoms with E-state index >= 15 is 0 Å². The van der Waals surface area contributed by atoms with Crippen molar-refractivity contribution >= 4 is 5.97 Å². The number of carboxylic acid groups (broad SMARTS) is 1. The summed E-state index contributed by atoms with van der Waals surface area (Å²) in [4.78, 5) is 12.4. The minimum Gasteiger partial charge on any atom is -0.479 e. The van der Waals surface area contributed by atoms with Gasteiger partial charge in [0.05, 0.1) is 0 Å². The van der Waals surface area contributed by atoms with Crippen LogP contribution in [0.4, 0.5) is 0 Å². The molecule has 0 bridgehead atoms. The number of nitrogens with one attached hydrogen (secondary N) is 1. The van der Waals surface area contributed by atoms with E-state index in [1.165, 1.54) is 39.0 Å². The molecule has 0 heterocycles. The predicted octanol–water partition coefficient (Wildman–Crippen LogP) is 1.29. The summed E-state index contributed by atoms with van der Waals surface area (Å²) in [5.41, 5.74) is 11.8. The van der Waals surface area contributed by atoms with Crippen LogP contribution in [0.25, 0.3) is 0 Å². The Morgan fingerprint density at radius 3 is 2.27 bits per heavy atom. The van der Waals surface area contributed by atoms with E-state index in [9.17, 15) is 4.79 Å². The Morgan fingerprint density at radius 1 is 1.53 bits per heavy atom. The van der Waals surface area contributed by atoms with Crippen molar-refractivity contribution in [3.63, 3.8) is 0 Å². The van der Waals surface area contributed by atoms with Gasteiger partial charge in [-0.3, -0.25) is 0 Å². The Labute approximate surface area is 89.1 Å². The largest absolute Gasteiger partial charge is 0.479 e. The van der Waals surface area contributed by atoms with Gasteiger partial charge < -0.3 is 10.8 Å². The fourth-order valence-corrected chi connectivity index (χ4v) is 1.27. The molecule has 4 N–H and O–H groups in total. The number of hydrogen-bond acceptors (Lipinski definition) is 4. The van der Waals surface area contributed by atoms with Gasteiger partial charge >= 0.3 is 5.97 Å². The highest BCUT2D eigenvalue weighted by Crippen LogP contribution is 2.14. The first-order valence-corrected chi connectivity index (χ1v) is 5.13. The molecule has 86 valence electrons. The van der Waals surface area contributed by atoms with Crippen LogP contribution in [0.1, 0.15) is 39.0 Å². The highest BCUT2D eigenvalue weighted by Gasteiger charge is 2.13. The molecule has 0 amide bonds. The van der Waals surface area contributed by atoms with Crippen molar-refractivity contribution in [2.75, 3.05) is 0 Å². The maximum Gasteiger partial charge on any atom is 0.335 e. The second-order valence-electron chi connectivity index (χ2n) is 3.63. The van der Waals surface area contributed by atoms with E-state index in [0.717, 1.165) is 0 Å². The molecule has 1 aliphatic carbocycles. The second-order valence-corrected chi connectivity index (χ2v) is 3.63. The third-order valence-electron chi connectivity index (χ3n) is 2.24. The zero-order chi connectivity index (χ0) is 11.7. The van der Waals surface area contributed by atoms with Gasteiger partial charge in [-0.2, -0.15) is 0 Å². The summed E-state index contributed by atoms with van der Waals surface area (Å²) in [7, 11) is 0. The van der Waals surface area contributed by atoms with Crippen molar-refractivity contribution in [1.29, 1.82) is 5.53 Å². The summed E-state index contributed by atoms with van der Waals surface area (Å²) in [6.45, 7) is 1.35. The van der Waals surface area contributed by atoms with Crippen LogP contribution in [0, 0.1) is 5.53 Å². The lowest BCUT2D eigenvalue weighted by Crippen LogP contribution is -2.22. The lowest BCUT2D eigenvalue weighted by atomic mass is 9.97. The van der Waals surface area contributed by atoms with Gasteiger partial charge in [-0.1, -0.05) is 19.3 Å². The van der Waals surface area contributed by atoms with E-state index in [1.54, 1.807) is 0 Å². The highest BCUT2D eigenvalue weighted by atomic mass is 16.4. The van der Waals surface area contributed by atoms with Gasteiger partial charge in [0.25, 0.3) is 0 Å². The van der Waals surface area contributed by atoms with Crippen LogP contribution >= 0.6 is 0 Å². The lowest BCUT2D eigenvalue weighted by Gasteiger charge is -2.15. The van der Waals surface area contributed by atoms with Crippen molar-refractivity contribution in [2.45, 2.75) is 51.1 Å². The quantitative estimate of drug-likeness (QED) is 0.476. The number of nitrogens with two attached hydrogens (primary N) is 1. The second kappa shape index (κ2) is 8.08. The Balaban J connectivity index is 0.000000262. The molecule has 0 radical (unpaired) electrons. The van der Waals surface area contributed by atoms with Gasteiger partial charge in [-0.05, 0) is 19.8 Å². The molecular formula is C9H19N4O2+. The molecule has 1 saturated carbocycles. The Hall–Kier alpha value is -1.26. The third kappa shape index (κ3) is 7.78. The maximum absolute atomic E-state index is 9.85. The van der Waals surface area contributed by atoms with E-state index in [-0.39, 0.29) is 0 Å². The van der Waals surface area contributed by atoms with Crippen molar-refractivity contribution in [2.24, 2.45) is 10.8 Å². The normalized spacial score (nSPS) is 18.0. The standard InChI is InChI=1S/C6H13N.C3H5N3O2/c7-6-4-2-1-3-5-6;1-2(3(7)8)5-6-4/h6H,1-5,7H2;2,4H,1H3/p+1. The topological polar surface area (TPSA) is 114 Å². The van der Waals surface area contributed by atoms with Crippen molar-refractivity contribution in [3.8, 4) is 0 Å². The molecule has 0 aromatic rings. The Morgan fingerprint density at radius 2 is 2.07 bits per heavy atom. The molecule has 1 aliphatic rings. The van der Waals surface area contributed by atoms with Crippen LogP contribution in [-0.4, -0.2) is 23.2 Å². The van der Waals surface area contributed by atoms with Crippen molar-refractivity contribution in [3.05, 3.63) is 0 Å². The zero-order valence-electron chi connectivity index (χ0n) is 9.02. The van der Waals surface area contributed by atoms with Crippen LogP contribution in [0.3, 0.4) is 0 Å². The van der Waals surface area contributed by atoms with Crippen LogP contribution < -0.4 is 10.6 Å². The first-order valence-electron chi connectivity index (χ1n) is 5.13. The number of nitrogens with zero attached hydrogens (tertiary/aromatic N) is 2. The monoisotopic (exact) mass is 215 g/mol. The molecule has 15 heavy (non-hydrogen) atoms. The van der Waals surface area contributed by atoms with Gasteiger partial charge in [0.1, 0.15) is 10.6 Å². The lowest BCUT2D eigenvalue weighted by molar-refractivity contribution is -0.138. The minimum atomic E-state index is -1.07. The zero-order valence-corrected chi connectivity index (χ0v) is 9.02. The van der Waals surface area contributed by atoms with E-state index in [1.807, 2.05) is 0 Å². The van der Waals surface area contributed by atoms with E-state index < -0.39 is 12.0 Å². The van der Waals surface area contributed by atoms with E-state index in [2.05, 4.69) is 10.0 Å². The average molecular weight is 215 g/mol. The molecule has 6 nitrogen and oxygen atoms in total. The third-order valence-corrected chi connectivity index (χ3v) is 2.24. The average Bonchev–Trinajstić information content (AvgIpc) is 2.20. The molecule has 1 atom stereocenters. The first kappa shape index (κ1) is 13.7. The highest BCUT2D eigenvalue weighted by molar-refractivity contribution is 5.72. The summed E-state index contributed by atoms with van der Waals surface area (Å²) in [6.07, 6.45) is 6.66. The van der Waals surface area contributed by atoms with Crippen LogP contribution in [0.15, 0.2) is 5.11 Å². The maximum atomic E-state index is 9.85. The molecule has 0 spiro atoms. The van der Waals surface area contributed by atoms with E-state index in [0.29, 0.717) is 6.04 Å². The van der Waals surface area contributed by atoms with Gasteiger partial charge in [0.15, 0.2) is 0 Å². The van der Waals surface area contributed by atoms with Crippen LogP contribution in [0.2, 0.25) is 0 Å². The molecular weight excluding hydrogens is 196 g/mol. The van der Waals surface area contributed by atoms with Gasteiger partial charge in [-0.15, -0.1) is 0 Å². The van der Waals surface area contributed by atoms with Crippen molar-refractivity contribution in [1.82, 2.24) is 4.91 Å². The van der Waals surface area contributed by atoms with Gasteiger partial charge in [-0.25, -0.2) is 4.79 Å². The summed E-state index contributed by atoms with van der Waals surface area (Å²) in [6, 6.07) is -0.360. The predicted molar refractivity (Wildman–Crippen MR) is 55.4 cm³/mol. The summed E-state index contributed by atoms with van der Waals surface area (Å²) in [5.74, 6) is -1.07. The van der Waals surface area contributed by atoms with Crippen LogP contribution in [-0.2, 0) is 4.79 Å². The number of rotatable bonds is 2.